The van der Waals surface area contributed by atoms with Gasteiger partial charge < -0.3 is 23.8 Å². The van der Waals surface area contributed by atoms with E-state index in [1.54, 1.807) is 31.4 Å². The number of thiophene rings is 1. The molecule has 12 heteroatoms. The van der Waals surface area contributed by atoms with Crippen LogP contribution < -0.4 is 14.8 Å². The average molecular weight is 713 g/mol. The summed E-state index contributed by atoms with van der Waals surface area (Å²) in [5.74, 6) is 0.523. The molecule has 1 fully saturated rings. The summed E-state index contributed by atoms with van der Waals surface area (Å²) in [4.78, 5) is 34.5. The van der Waals surface area contributed by atoms with E-state index < -0.39 is 18.1 Å². The lowest BCUT2D eigenvalue weighted by molar-refractivity contribution is -0.148. The first-order chi connectivity index (χ1) is 23.2. The number of likely N-dealkylation sites (tertiary alicyclic amines) is 1. The third-order valence-electron chi connectivity index (χ3n) is 8.27. The average Bonchev–Trinajstić information content (AvgIpc) is 3.58. The van der Waals surface area contributed by atoms with Crippen molar-refractivity contribution in [2.24, 2.45) is 5.92 Å². The molecule has 3 atom stereocenters. The molecule has 0 aliphatic carbocycles. The maximum atomic E-state index is 13.6. The van der Waals surface area contributed by atoms with Gasteiger partial charge in [-0.25, -0.2) is 9.59 Å². The lowest BCUT2D eigenvalue weighted by Gasteiger charge is -2.29. The molecule has 1 unspecified atom stereocenters. The molecular weight excluding hydrogens is 673 g/mol. The number of methoxy groups -OCH3 is 2. The van der Waals surface area contributed by atoms with Gasteiger partial charge in [-0.15, -0.1) is 11.3 Å². The van der Waals surface area contributed by atoms with Gasteiger partial charge in [-0.3, -0.25) is 10.3 Å². The Hall–Kier alpha value is -3.67. The quantitative estimate of drug-likeness (QED) is 0.135. The number of aromatic nitrogens is 1. The Bertz CT molecular complexity index is 1670. The van der Waals surface area contributed by atoms with Crippen molar-refractivity contribution in [3.8, 4) is 11.5 Å². The molecule has 4 aromatic rings. The Kier molecular flexibility index (Phi) is 12.7. The third kappa shape index (κ3) is 9.27. The maximum Gasteiger partial charge on any atom is 0.348 e. The SMILES string of the molecule is COc1ccc([C@H](Cc2c(Cl)cncc2Cl)OC(=O)c2ccc(CNC(C(=O)OC[C@H]3CCCN(C)C3)c3ccccc3)s2)cc1OC. The van der Waals surface area contributed by atoms with Crippen LogP contribution in [0.3, 0.4) is 0 Å². The first-order valence-electron chi connectivity index (χ1n) is 15.7. The predicted molar refractivity (Wildman–Crippen MR) is 187 cm³/mol. The Labute approximate surface area is 295 Å². The first-order valence-corrected chi connectivity index (χ1v) is 17.3. The summed E-state index contributed by atoms with van der Waals surface area (Å²) in [6.07, 6.45) is 4.61. The fraction of sp³-hybridized carbons (Fsp3) is 0.361. The summed E-state index contributed by atoms with van der Waals surface area (Å²) < 4.78 is 22.8. The second-order valence-electron chi connectivity index (χ2n) is 11.7. The lowest BCUT2D eigenvalue weighted by Crippen LogP contribution is -2.36. The highest BCUT2D eigenvalue weighted by Gasteiger charge is 2.26. The van der Waals surface area contributed by atoms with Crippen LogP contribution in [0.5, 0.6) is 11.5 Å². The van der Waals surface area contributed by atoms with Gasteiger partial charge >= 0.3 is 11.9 Å². The molecule has 5 rings (SSSR count). The molecule has 3 heterocycles. The molecule has 254 valence electrons. The van der Waals surface area contributed by atoms with Gasteiger partial charge in [0.25, 0.3) is 0 Å². The number of rotatable bonds is 14. The summed E-state index contributed by atoms with van der Waals surface area (Å²) in [6.45, 7) is 2.72. The molecular formula is C36H39Cl2N3O6S. The van der Waals surface area contributed by atoms with Crippen molar-refractivity contribution in [3.05, 3.63) is 110 Å². The summed E-state index contributed by atoms with van der Waals surface area (Å²) >= 11 is 14.2. The number of hydrogen-bond acceptors (Lipinski definition) is 10. The number of halogens is 2. The highest BCUT2D eigenvalue weighted by atomic mass is 35.5. The van der Waals surface area contributed by atoms with Crippen molar-refractivity contribution in [1.29, 1.82) is 0 Å². The number of nitrogens with zero attached hydrogens (tertiary/aromatic N) is 2. The summed E-state index contributed by atoms with van der Waals surface area (Å²) in [6, 6.07) is 17.7. The number of ether oxygens (including phenoxy) is 4. The standard InChI is InChI=1S/C36H39Cl2N3O6S/c1-41-15-7-8-23(21-41)22-46-36(43)34(24-9-5-4-6-10-24)40-18-26-12-14-33(48-26)35(42)47-31(17-27-28(37)19-39-20-29(27)38)25-11-13-30(44-2)32(16-25)45-3/h4-6,9-14,16,19-20,23,31,34,40H,7-8,15,17-18,21-22H2,1-3H3/t23-,31-,34?/m0/s1. The van der Waals surface area contributed by atoms with Crippen LogP contribution in [0.15, 0.2) is 73.1 Å². The number of carbonyl (C=O) groups excluding carboxylic acids is 2. The lowest BCUT2D eigenvalue weighted by atomic mass is 9.99. The number of nitrogens with one attached hydrogen (secondary N) is 1. The molecule has 0 radical (unpaired) electrons. The van der Waals surface area contributed by atoms with E-state index in [1.807, 2.05) is 36.4 Å². The zero-order chi connectivity index (χ0) is 34.0. The third-order valence-corrected chi connectivity index (χ3v) is 9.98. The number of carbonyl (C=O) groups is 2. The fourth-order valence-electron chi connectivity index (χ4n) is 5.75. The highest BCUT2D eigenvalue weighted by molar-refractivity contribution is 7.13. The van der Waals surface area contributed by atoms with E-state index in [0.29, 0.717) is 56.6 Å². The van der Waals surface area contributed by atoms with Gasteiger partial charge in [0.15, 0.2) is 11.5 Å². The molecule has 2 aromatic heterocycles. The normalized spacial score (nSPS) is 16.1. The molecule has 1 aliphatic rings. The molecule has 0 spiro atoms. The molecule has 0 amide bonds. The van der Waals surface area contributed by atoms with Crippen LogP contribution in [0.4, 0.5) is 0 Å². The van der Waals surface area contributed by atoms with Gasteiger partial charge in [0, 0.05) is 42.7 Å². The van der Waals surface area contributed by atoms with Crippen molar-refractivity contribution in [3.63, 3.8) is 0 Å². The minimum absolute atomic E-state index is 0.208. The van der Waals surface area contributed by atoms with Crippen LogP contribution in [0, 0.1) is 5.92 Å². The minimum atomic E-state index is -0.750. The number of pyridine rings is 1. The monoisotopic (exact) mass is 711 g/mol. The highest BCUT2D eigenvalue weighted by Crippen LogP contribution is 2.36. The fourth-order valence-corrected chi connectivity index (χ4v) is 7.11. The topological polar surface area (TPSA) is 99.2 Å². The number of esters is 2. The van der Waals surface area contributed by atoms with Gasteiger partial charge in [-0.1, -0.05) is 59.6 Å². The Balaban J connectivity index is 1.29. The molecule has 48 heavy (non-hydrogen) atoms. The minimum Gasteiger partial charge on any atom is -0.493 e. The number of piperidine rings is 1. The summed E-state index contributed by atoms with van der Waals surface area (Å²) in [7, 11) is 5.18. The van der Waals surface area contributed by atoms with Gasteiger partial charge in [0.1, 0.15) is 17.0 Å². The Morgan fingerprint density at radius 3 is 2.46 bits per heavy atom. The van der Waals surface area contributed by atoms with E-state index in [9.17, 15) is 9.59 Å². The zero-order valence-electron chi connectivity index (χ0n) is 27.1. The molecule has 1 saturated heterocycles. The summed E-state index contributed by atoms with van der Waals surface area (Å²) in [5.41, 5.74) is 2.09. The van der Waals surface area contributed by atoms with Crippen LogP contribution in [0.25, 0.3) is 0 Å². The van der Waals surface area contributed by atoms with E-state index >= 15 is 0 Å². The molecule has 1 N–H and O–H groups in total. The molecule has 9 nitrogen and oxygen atoms in total. The van der Waals surface area contributed by atoms with E-state index in [2.05, 4.69) is 22.2 Å². The molecule has 0 bridgehead atoms. The zero-order valence-corrected chi connectivity index (χ0v) is 29.4. The number of hydrogen-bond donors (Lipinski definition) is 1. The second kappa shape index (κ2) is 17.1. The van der Waals surface area contributed by atoms with E-state index in [-0.39, 0.29) is 12.4 Å². The van der Waals surface area contributed by atoms with Crippen molar-refractivity contribution in [1.82, 2.24) is 15.2 Å². The van der Waals surface area contributed by atoms with Crippen LogP contribution in [-0.4, -0.2) is 62.8 Å². The molecule has 1 aliphatic heterocycles. The van der Waals surface area contributed by atoms with E-state index in [1.165, 1.54) is 30.8 Å². The van der Waals surface area contributed by atoms with Crippen molar-refractivity contribution in [2.75, 3.05) is 41.0 Å². The van der Waals surface area contributed by atoms with Crippen molar-refractivity contribution < 1.29 is 28.5 Å². The second-order valence-corrected chi connectivity index (χ2v) is 13.7. The van der Waals surface area contributed by atoms with Crippen LogP contribution in [0.1, 0.15) is 56.2 Å². The largest absolute Gasteiger partial charge is 0.493 e. The van der Waals surface area contributed by atoms with Crippen molar-refractivity contribution >= 4 is 46.5 Å². The van der Waals surface area contributed by atoms with Gasteiger partial charge in [-0.05, 0) is 67.4 Å². The van der Waals surface area contributed by atoms with Gasteiger partial charge in [0.05, 0.1) is 30.9 Å². The molecule has 0 saturated carbocycles. The molecule has 2 aromatic carbocycles. The van der Waals surface area contributed by atoms with Crippen molar-refractivity contribution in [2.45, 2.75) is 38.0 Å². The van der Waals surface area contributed by atoms with Crippen LogP contribution in [-0.2, 0) is 27.2 Å². The van der Waals surface area contributed by atoms with E-state index in [4.69, 9.17) is 42.1 Å². The van der Waals surface area contributed by atoms with Crippen LogP contribution in [0.2, 0.25) is 10.0 Å². The number of benzene rings is 2. The van der Waals surface area contributed by atoms with Gasteiger partial charge in [0.2, 0.25) is 0 Å². The van der Waals surface area contributed by atoms with Gasteiger partial charge in [-0.2, -0.15) is 0 Å². The smallest absolute Gasteiger partial charge is 0.348 e. The Morgan fingerprint density at radius 2 is 1.75 bits per heavy atom. The maximum absolute atomic E-state index is 13.6. The van der Waals surface area contributed by atoms with E-state index in [0.717, 1.165) is 36.4 Å². The first kappa shape index (κ1) is 35.6. The van der Waals surface area contributed by atoms with Crippen LogP contribution >= 0.6 is 34.5 Å². The Morgan fingerprint density at radius 1 is 1.00 bits per heavy atom. The summed E-state index contributed by atoms with van der Waals surface area (Å²) in [5, 5.41) is 4.08. The predicted octanol–water partition coefficient (Wildman–Crippen LogP) is 7.32.